The Labute approximate surface area is 193 Å². The number of H-pyrrole nitrogens is 1. The quantitative estimate of drug-likeness (QED) is 0.502. The molecule has 2 atom stereocenters. The van der Waals surface area contributed by atoms with E-state index >= 15 is 0 Å². The first-order valence-electron chi connectivity index (χ1n) is 11.1. The topological polar surface area (TPSA) is 107 Å². The Balaban J connectivity index is 1.57. The number of fused-ring (bicyclic) bond motifs is 2. The van der Waals surface area contributed by atoms with E-state index in [2.05, 4.69) is 21.5 Å². The van der Waals surface area contributed by atoms with Gasteiger partial charge in [0.1, 0.15) is 5.39 Å². The maximum absolute atomic E-state index is 13.9. The van der Waals surface area contributed by atoms with Crippen molar-refractivity contribution in [2.75, 3.05) is 5.32 Å². The highest BCUT2D eigenvalue weighted by Gasteiger charge is 2.66. The Morgan fingerprint density at radius 2 is 2.09 bits per heavy atom. The van der Waals surface area contributed by atoms with Gasteiger partial charge in [-0.15, -0.1) is 0 Å². The van der Waals surface area contributed by atoms with Crippen molar-refractivity contribution < 1.29 is 18.3 Å². The van der Waals surface area contributed by atoms with Gasteiger partial charge in [0.25, 0.3) is 5.56 Å². The Bertz CT molecular complexity index is 1380. The molecule has 3 N–H and O–H groups in total. The highest BCUT2D eigenvalue weighted by atomic mass is 19.4. The van der Waals surface area contributed by atoms with Gasteiger partial charge in [0.15, 0.2) is 11.4 Å². The van der Waals surface area contributed by atoms with Crippen LogP contribution in [0, 0.1) is 22.7 Å². The molecule has 178 valence electrons. The lowest BCUT2D eigenvalue weighted by atomic mass is 9.75. The number of rotatable bonds is 5. The molecule has 3 aromatic rings. The zero-order chi connectivity index (χ0) is 24.5. The Kier molecular flexibility index (Phi) is 4.85. The molecule has 34 heavy (non-hydrogen) atoms. The van der Waals surface area contributed by atoms with E-state index < -0.39 is 17.2 Å². The summed E-state index contributed by atoms with van der Waals surface area (Å²) >= 11 is 0. The number of aromatic amines is 1. The molecule has 0 radical (unpaired) electrons. The zero-order valence-corrected chi connectivity index (χ0v) is 18.7. The minimum Gasteiger partial charge on any atom is -0.376 e. The summed E-state index contributed by atoms with van der Waals surface area (Å²) in [5, 5.41) is 28.0. The summed E-state index contributed by atoms with van der Waals surface area (Å²) in [6.45, 7) is 2.80. The number of anilines is 2. The molecule has 2 unspecified atom stereocenters. The Morgan fingerprint density at radius 1 is 1.35 bits per heavy atom. The number of hydrogen-bond acceptors (Lipinski definition) is 5. The van der Waals surface area contributed by atoms with Crippen molar-refractivity contribution in [1.29, 1.82) is 5.26 Å². The molecule has 1 saturated carbocycles. The molecular weight excluding hydrogens is 447 g/mol. The van der Waals surface area contributed by atoms with Crippen LogP contribution in [-0.2, 0) is 12.0 Å². The first-order chi connectivity index (χ1) is 16.0. The third-order valence-electron chi connectivity index (χ3n) is 7.19. The summed E-state index contributed by atoms with van der Waals surface area (Å²) in [7, 11) is 0. The molecule has 1 fully saturated rings. The number of nitrogens with one attached hydrogen (secondary N) is 2. The normalized spacial score (nSPS) is 22.4. The lowest BCUT2D eigenvalue weighted by molar-refractivity contribution is -0.299. The molecular formula is C24H24F3N5O2. The van der Waals surface area contributed by atoms with Crippen LogP contribution in [0.5, 0.6) is 0 Å². The molecule has 2 aromatic heterocycles. The number of nitrogens with zero attached hydrogens (tertiary/aromatic N) is 3. The van der Waals surface area contributed by atoms with E-state index in [1.165, 1.54) is 32.2 Å². The Hall–Kier alpha value is -3.32. The van der Waals surface area contributed by atoms with E-state index in [0.717, 1.165) is 12.8 Å². The van der Waals surface area contributed by atoms with Crippen molar-refractivity contribution in [3.05, 3.63) is 51.9 Å². The van der Waals surface area contributed by atoms with E-state index in [1.807, 2.05) is 0 Å². The number of nitriles is 1. The predicted octanol–water partition coefficient (Wildman–Crippen LogP) is 4.67. The van der Waals surface area contributed by atoms with E-state index in [0.29, 0.717) is 28.1 Å². The Morgan fingerprint density at radius 3 is 2.74 bits per heavy atom. The number of halogens is 3. The average molecular weight is 471 g/mol. The second kappa shape index (κ2) is 7.34. The van der Waals surface area contributed by atoms with Gasteiger partial charge >= 0.3 is 6.18 Å². The van der Waals surface area contributed by atoms with Gasteiger partial charge in [-0.2, -0.15) is 23.5 Å². The van der Waals surface area contributed by atoms with Crippen molar-refractivity contribution in [2.45, 2.75) is 57.3 Å². The third kappa shape index (κ3) is 3.21. The van der Waals surface area contributed by atoms with E-state index in [4.69, 9.17) is 0 Å². The average Bonchev–Trinajstić information content (AvgIpc) is 3.49. The van der Waals surface area contributed by atoms with Gasteiger partial charge in [-0.1, -0.05) is 19.9 Å². The van der Waals surface area contributed by atoms with Crippen LogP contribution >= 0.6 is 0 Å². The highest BCUT2D eigenvalue weighted by Crippen LogP contribution is 2.58. The number of alkyl halides is 3. The van der Waals surface area contributed by atoms with Crippen LogP contribution in [0.3, 0.4) is 0 Å². The molecule has 0 aliphatic heterocycles. The highest BCUT2D eigenvalue weighted by molar-refractivity contribution is 5.91. The second-order valence-electron chi connectivity index (χ2n) is 9.89. The van der Waals surface area contributed by atoms with Gasteiger partial charge < -0.3 is 15.4 Å². The number of aromatic nitrogens is 3. The van der Waals surface area contributed by atoms with E-state index in [-0.39, 0.29) is 35.8 Å². The van der Waals surface area contributed by atoms with E-state index in [1.54, 1.807) is 16.8 Å². The zero-order valence-electron chi connectivity index (χ0n) is 18.7. The first-order valence-corrected chi connectivity index (χ1v) is 11.1. The lowest BCUT2D eigenvalue weighted by Gasteiger charge is -2.38. The van der Waals surface area contributed by atoms with Crippen LogP contribution in [0.25, 0.3) is 10.9 Å². The summed E-state index contributed by atoms with van der Waals surface area (Å²) in [4.78, 5) is 15.3. The first kappa shape index (κ1) is 22.5. The van der Waals surface area contributed by atoms with Crippen molar-refractivity contribution in [3.8, 4) is 6.07 Å². The molecule has 2 aliphatic rings. The fourth-order valence-corrected chi connectivity index (χ4v) is 5.28. The number of benzene rings is 1. The minimum absolute atomic E-state index is 0.0373. The molecule has 0 bridgehead atoms. The molecule has 2 aliphatic carbocycles. The van der Waals surface area contributed by atoms with Gasteiger partial charge in [-0.3, -0.25) is 9.48 Å². The predicted molar refractivity (Wildman–Crippen MR) is 120 cm³/mol. The van der Waals surface area contributed by atoms with Gasteiger partial charge in [-0.25, -0.2) is 0 Å². The van der Waals surface area contributed by atoms with Crippen molar-refractivity contribution >= 4 is 22.4 Å². The maximum atomic E-state index is 13.9. The van der Waals surface area contributed by atoms with Gasteiger partial charge in [0, 0.05) is 17.3 Å². The number of hydrogen-bond donors (Lipinski definition) is 3. The summed E-state index contributed by atoms with van der Waals surface area (Å²) in [5.74, 6) is 0.584. The second-order valence-corrected chi connectivity index (χ2v) is 9.89. The summed E-state index contributed by atoms with van der Waals surface area (Å²) in [6, 6.07) is 8.07. The van der Waals surface area contributed by atoms with Crippen LogP contribution in [-0.4, -0.2) is 26.0 Å². The molecule has 7 nitrogen and oxygen atoms in total. The SMILES string of the molecule is CC1(C)Cc2cc(Nc3nn(C(CC#N)C4CC4)c4cc[nH]c(=O)c34)ccc2C1(O)C(F)(F)F. The summed E-state index contributed by atoms with van der Waals surface area (Å²) in [5.41, 5.74) is -3.47. The molecule has 0 saturated heterocycles. The molecule has 2 heterocycles. The van der Waals surface area contributed by atoms with Crippen LogP contribution in [0.4, 0.5) is 24.7 Å². The van der Waals surface area contributed by atoms with Crippen molar-refractivity contribution in [1.82, 2.24) is 14.8 Å². The summed E-state index contributed by atoms with van der Waals surface area (Å²) < 4.78 is 43.3. The summed E-state index contributed by atoms with van der Waals surface area (Å²) in [6.07, 6.45) is -1.02. The van der Waals surface area contributed by atoms with Crippen LogP contribution in [0.1, 0.15) is 50.3 Å². The minimum atomic E-state index is -4.82. The maximum Gasteiger partial charge on any atom is 0.421 e. The molecule has 0 spiro atoms. The van der Waals surface area contributed by atoms with Crippen molar-refractivity contribution in [2.24, 2.45) is 11.3 Å². The molecule has 10 heteroatoms. The number of aliphatic hydroxyl groups is 1. The van der Waals surface area contributed by atoms with Gasteiger partial charge in [0.2, 0.25) is 0 Å². The molecule has 5 rings (SSSR count). The molecule has 0 amide bonds. The lowest BCUT2D eigenvalue weighted by Crippen LogP contribution is -2.50. The fraction of sp³-hybridized carbons (Fsp3) is 0.458. The molecule has 1 aromatic carbocycles. The van der Waals surface area contributed by atoms with Crippen LogP contribution in [0.15, 0.2) is 35.3 Å². The largest absolute Gasteiger partial charge is 0.421 e. The van der Waals surface area contributed by atoms with Crippen LogP contribution < -0.4 is 10.9 Å². The smallest absolute Gasteiger partial charge is 0.376 e. The fourth-order valence-electron chi connectivity index (χ4n) is 5.28. The van der Waals surface area contributed by atoms with Crippen molar-refractivity contribution in [3.63, 3.8) is 0 Å². The van der Waals surface area contributed by atoms with Crippen LogP contribution in [0.2, 0.25) is 0 Å². The third-order valence-corrected chi connectivity index (χ3v) is 7.19. The monoisotopic (exact) mass is 471 g/mol. The van der Waals surface area contributed by atoms with E-state index in [9.17, 15) is 28.3 Å². The van der Waals surface area contributed by atoms with Gasteiger partial charge in [0.05, 0.1) is 24.0 Å². The van der Waals surface area contributed by atoms with Gasteiger partial charge in [-0.05, 0) is 54.5 Å². The standard InChI is InChI=1S/C24H24F3N5O2/c1-22(2)12-14-11-15(5-6-16(14)23(22,34)24(25,26)27)30-20-19-18(8-10-29-21(19)33)32(31-20)17(7-9-28)13-3-4-13/h5-6,8,10-11,13,17,34H,3-4,7,12H2,1-2H3,(H,29,33)(H,30,31). The number of pyridine rings is 1.